The third kappa shape index (κ3) is 6.22. The van der Waals surface area contributed by atoms with Crippen molar-refractivity contribution in [3.63, 3.8) is 0 Å². The van der Waals surface area contributed by atoms with Gasteiger partial charge in [-0.05, 0) is 59.4 Å². The van der Waals surface area contributed by atoms with Gasteiger partial charge in [-0.3, -0.25) is 14.4 Å². The summed E-state index contributed by atoms with van der Waals surface area (Å²) < 4.78 is 0. The van der Waals surface area contributed by atoms with Crippen molar-refractivity contribution in [2.75, 3.05) is 23.3 Å². The van der Waals surface area contributed by atoms with E-state index in [9.17, 15) is 14.4 Å². The van der Waals surface area contributed by atoms with E-state index in [-0.39, 0.29) is 36.0 Å². The number of nitrogens with one attached hydrogen (secondary N) is 2. The SMILES string of the molecule is CC(C)C(NC(=O)Cc1ccc2ccccc2c1)C(=O)Nc1ccc(N2CCC(C(N)=O)CC2)cc1. The Bertz CT molecular complexity index is 1230. The van der Waals surface area contributed by atoms with Crippen molar-refractivity contribution in [1.29, 1.82) is 0 Å². The Balaban J connectivity index is 1.34. The van der Waals surface area contributed by atoms with Gasteiger partial charge in [-0.1, -0.05) is 56.3 Å². The van der Waals surface area contributed by atoms with E-state index in [1.807, 2.05) is 80.6 Å². The zero-order valence-corrected chi connectivity index (χ0v) is 20.9. The molecule has 0 aliphatic carbocycles. The quantitative estimate of drug-likeness (QED) is 0.450. The summed E-state index contributed by atoms with van der Waals surface area (Å²) >= 11 is 0. The first-order chi connectivity index (χ1) is 17.3. The second-order valence-electron chi connectivity index (χ2n) is 9.85. The van der Waals surface area contributed by atoms with Crippen molar-refractivity contribution in [3.8, 4) is 0 Å². The van der Waals surface area contributed by atoms with Gasteiger partial charge >= 0.3 is 0 Å². The van der Waals surface area contributed by atoms with Crippen LogP contribution in [0.5, 0.6) is 0 Å². The minimum absolute atomic E-state index is 0.0516. The van der Waals surface area contributed by atoms with Gasteiger partial charge in [-0.15, -0.1) is 0 Å². The Kier molecular flexibility index (Phi) is 7.88. The molecule has 4 rings (SSSR count). The maximum absolute atomic E-state index is 13.0. The largest absolute Gasteiger partial charge is 0.371 e. The second-order valence-corrected chi connectivity index (χ2v) is 9.85. The highest BCUT2D eigenvalue weighted by molar-refractivity contribution is 5.98. The molecule has 1 fully saturated rings. The summed E-state index contributed by atoms with van der Waals surface area (Å²) in [6.07, 6.45) is 1.72. The summed E-state index contributed by atoms with van der Waals surface area (Å²) in [4.78, 5) is 39.4. The van der Waals surface area contributed by atoms with E-state index in [1.54, 1.807) is 0 Å². The lowest BCUT2D eigenvalue weighted by atomic mass is 9.96. The monoisotopic (exact) mass is 486 g/mol. The normalized spacial score (nSPS) is 15.0. The Morgan fingerprint density at radius 2 is 1.61 bits per heavy atom. The summed E-state index contributed by atoms with van der Waals surface area (Å²) in [5.41, 5.74) is 8.05. The molecule has 1 unspecified atom stereocenters. The maximum atomic E-state index is 13.0. The van der Waals surface area contributed by atoms with Crippen LogP contribution >= 0.6 is 0 Å². The van der Waals surface area contributed by atoms with Gasteiger partial charge in [0.25, 0.3) is 0 Å². The molecule has 1 aliphatic rings. The number of anilines is 2. The zero-order chi connectivity index (χ0) is 25.7. The maximum Gasteiger partial charge on any atom is 0.247 e. The molecular weight excluding hydrogens is 452 g/mol. The van der Waals surface area contributed by atoms with Crippen molar-refractivity contribution in [2.24, 2.45) is 17.6 Å². The molecule has 7 nitrogen and oxygen atoms in total. The molecule has 7 heteroatoms. The third-order valence-corrected chi connectivity index (χ3v) is 6.84. The number of primary amides is 1. The van der Waals surface area contributed by atoms with Crippen LogP contribution in [0.3, 0.4) is 0 Å². The highest BCUT2D eigenvalue weighted by Crippen LogP contribution is 2.25. The Hall–Kier alpha value is -3.87. The van der Waals surface area contributed by atoms with Crippen LogP contribution in [0.25, 0.3) is 10.8 Å². The number of nitrogens with zero attached hydrogens (tertiary/aromatic N) is 1. The average Bonchev–Trinajstić information content (AvgIpc) is 2.87. The summed E-state index contributed by atoms with van der Waals surface area (Å²) in [6, 6.07) is 21.0. The molecule has 1 atom stereocenters. The van der Waals surface area contributed by atoms with Gasteiger partial charge in [0.05, 0.1) is 6.42 Å². The van der Waals surface area contributed by atoms with Gasteiger partial charge < -0.3 is 21.3 Å². The highest BCUT2D eigenvalue weighted by Gasteiger charge is 2.25. The molecule has 3 aromatic rings. The van der Waals surface area contributed by atoms with Crippen LogP contribution in [-0.2, 0) is 20.8 Å². The van der Waals surface area contributed by atoms with Crippen LogP contribution in [0.2, 0.25) is 0 Å². The number of fused-ring (bicyclic) bond motifs is 1. The molecule has 3 amide bonds. The molecule has 4 N–H and O–H groups in total. The molecule has 0 spiro atoms. The zero-order valence-electron chi connectivity index (χ0n) is 20.9. The van der Waals surface area contributed by atoms with Crippen LogP contribution in [0.1, 0.15) is 32.3 Å². The van der Waals surface area contributed by atoms with Crippen molar-refractivity contribution >= 4 is 39.9 Å². The molecule has 36 heavy (non-hydrogen) atoms. The van der Waals surface area contributed by atoms with Crippen molar-refractivity contribution in [2.45, 2.75) is 39.2 Å². The summed E-state index contributed by atoms with van der Waals surface area (Å²) in [7, 11) is 0. The average molecular weight is 487 g/mol. The molecule has 0 saturated carbocycles. The number of rotatable bonds is 8. The number of carbonyl (C=O) groups is 3. The summed E-state index contributed by atoms with van der Waals surface area (Å²) in [5, 5.41) is 8.06. The van der Waals surface area contributed by atoms with Crippen molar-refractivity contribution in [1.82, 2.24) is 5.32 Å². The second kappa shape index (κ2) is 11.2. The van der Waals surface area contributed by atoms with E-state index >= 15 is 0 Å². The Morgan fingerprint density at radius 3 is 2.25 bits per heavy atom. The standard InChI is InChI=1S/C29H34N4O3/c1-19(2)27(32-26(34)18-20-7-8-21-5-3-4-6-23(21)17-20)29(36)31-24-9-11-25(12-10-24)33-15-13-22(14-16-33)28(30)35/h3-12,17,19,22,27H,13-16,18H2,1-2H3,(H2,30,35)(H,31,36)(H,32,34). The fraction of sp³-hybridized carbons (Fsp3) is 0.345. The fourth-order valence-corrected chi connectivity index (χ4v) is 4.69. The van der Waals surface area contributed by atoms with Gasteiger partial charge in [0, 0.05) is 30.4 Å². The van der Waals surface area contributed by atoms with Gasteiger partial charge in [-0.25, -0.2) is 0 Å². The van der Waals surface area contributed by atoms with Crippen LogP contribution in [-0.4, -0.2) is 36.9 Å². The van der Waals surface area contributed by atoms with E-state index < -0.39 is 6.04 Å². The van der Waals surface area contributed by atoms with Gasteiger partial charge in [0.15, 0.2) is 0 Å². The highest BCUT2D eigenvalue weighted by atomic mass is 16.2. The number of amides is 3. The van der Waals surface area contributed by atoms with Crippen molar-refractivity contribution < 1.29 is 14.4 Å². The minimum atomic E-state index is -0.648. The van der Waals surface area contributed by atoms with Crippen LogP contribution in [0.15, 0.2) is 66.7 Å². The molecule has 0 aromatic heterocycles. The van der Waals surface area contributed by atoms with Crippen LogP contribution in [0, 0.1) is 11.8 Å². The number of hydrogen-bond acceptors (Lipinski definition) is 4. The van der Waals surface area contributed by atoms with E-state index in [4.69, 9.17) is 5.73 Å². The van der Waals surface area contributed by atoms with Gasteiger partial charge in [0.1, 0.15) is 6.04 Å². The molecule has 1 heterocycles. The first kappa shape index (κ1) is 25.2. The number of nitrogens with two attached hydrogens (primary N) is 1. The van der Waals surface area contributed by atoms with Crippen LogP contribution in [0.4, 0.5) is 11.4 Å². The van der Waals surface area contributed by atoms with E-state index in [2.05, 4.69) is 15.5 Å². The molecule has 188 valence electrons. The van der Waals surface area contributed by atoms with Crippen molar-refractivity contribution in [3.05, 3.63) is 72.3 Å². The predicted molar refractivity (Wildman–Crippen MR) is 144 cm³/mol. The Labute approximate surface area is 212 Å². The summed E-state index contributed by atoms with van der Waals surface area (Å²) in [5.74, 6) is -0.780. The van der Waals surface area contributed by atoms with Crippen LogP contribution < -0.4 is 21.3 Å². The molecule has 0 radical (unpaired) electrons. The first-order valence-corrected chi connectivity index (χ1v) is 12.5. The topological polar surface area (TPSA) is 105 Å². The smallest absolute Gasteiger partial charge is 0.247 e. The fourth-order valence-electron chi connectivity index (χ4n) is 4.69. The molecule has 1 saturated heterocycles. The Morgan fingerprint density at radius 1 is 0.944 bits per heavy atom. The van der Waals surface area contributed by atoms with Gasteiger partial charge in [0.2, 0.25) is 17.7 Å². The first-order valence-electron chi connectivity index (χ1n) is 12.5. The lowest BCUT2D eigenvalue weighted by molar-refractivity contribution is -0.127. The number of carbonyl (C=O) groups excluding carboxylic acids is 3. The minimum Gasteiger partial charge on any atom is -0.371 e. The van der Waals surface area contributed by atoms with E-state index in [0.29, 0.717) is 5.69 Å². The lowest BCUT2D eigenvalue weighted by Gasteiger charge is -2.32. The molecular formula is C29H34N4O3. The number of piperidine rings is 1. The summed E-state index contributed by atoms with van der Waals surface area (Å²) in [6.45, 7) is 5.38. The number of hydrogen-bond donors (Lipinski definition) is 3. The molecule has 3 aromatic carbocycles. The number of benzene rings is 3. The van der Waals surface area contributed by atoms with E-state index in [0.717, 1.165) is 48.0 Å². The predicted octanol–water partition coefficient (Wildman–Crippen LogP) is 3.86. The molecule has 0 bridgehead atoms. The van der Waals surface area contributed by atoms with Gasteiger partial charge in [-0.2, -0.15) is 0 Å². The van der Waals surface area contributed by atoms with E-state index in [1.165, 1.54) is 0 Å². The molecule has 1 aliphatic heterocycles. The third-order valence-electron chi connectivity index (χ3n) is 6.84. The lowest BCUT2D eigenvalue weighted by Crippen LogP contribution is -2.47.